The van der Waals surface area contributed by atoms with Gasteiger partial charge in [-0.3, -0.25) is 19.5 Å². The van der Waals surface area contributed by atoms with Crippen LogP contribution in [-0.4, -0.2) is 39.4 Å². The third kappa shape index (κ3) is 2.68. The van der Waals surface area contributed by atoms with E-state index in [-0.39, 0.29) is 17.9 Å². The van der Waals surface area contributed by atoms with Crippen LogP contribution in [0.25, 0.3) is 0 Å². The van der Waals surface area contributed by atoms with Crippen LogP contribution in [0, 0.1) is 0 Å². The Hall–Kier alpha value is -2.74. The average molecular weight is 341 g/mol. The number of fused-ring (bicyclic) bond motifs is 2. The van der Waals surface area contributed by atoms with Crippen LogP contribution in [0.4, 0.5) is 5.95 Å². The molecule has 0 bridgehead atoms. The number of anilines is 1. The van der Waals surface area contributed by atoms with Crippen LogP contribution in [0.3, 0.4) is 0 Å². The molecule has 2 aromatic heterocycles. The molecule has 0 fully saturated rings. The lowest BCUT2D eigenvalue weighted by molar-refractivity contribution is -0.120. The number of aromatic nitrogens is 3. The number of aryl methyl sites for hydroxylation is 1. The summed E-state index contributed by atoms with van der Waals surface area (Å²) in [7, 11) is 1.66. The van der Waals surface area contributed by atoms with Gasteiger partial charge in [0.2, 0.25) is 5.95 Å². The van der Waals surface area contributed by atoms with Crippen molar-refractivity contribution in [1.29, 1.82) is 0 Å². The molecule has 8 nitrogen and oxygen atoms in total. The number of hydrogen-bond acceptors (Lipinski definition) is 5. The molecule has 0 saturated heterocycles. The molecule has 8 heteroatoms. The smallest absolute Gasteiger partial charge is 0.270 e. The van der Waals surface area contributed by atoms with E-state index < -0.39 is 6.04 Å². The lowest BCUT2D eigenvalue weighted by Crippen LogP contribution is -2.47. The van der Waals surface area contributed by atoms with E-state index in [2.05, 4.69) is 15.3 Å². The zero-order valence-corrected chi connectivity index (χ0v) is 14.1. The van der Waals surface area contributed by atoms with Crippen LogP contribution in [0.2, 0.25) is 0 Å². The molecule has 2 amide bonds. The Morgan fingerprint density at radius 3 is 3.08 bits per heavy atom. The second kappa shape index (κ2) is 5.96. The van der Waals surface area contributed by atoms with Crippen molar-refractivity contribution in [2.24, 2.45) is 0 Å². The Morgan fingerprint density at radius 1 is 1.40 bits per heavy atom. The van der Waals surface area contributed by atoms with Crippen molar-refractivity contribution in [3.05, 3.63) is 41.5 Å². The molecule has 2 unspecified atom stereocenters. The fraction of sp³-hybridized carbons (Fsp3) is 0.412. The minimum Gasteiger partial charge on any atom is -0.369 e. The summed E-state index contributed by atoms with van der Waals surface area (Å²) in [6.45, 7) is 3.07. The highest BCUT2D eigenvalue weighted by Gasteiger charge is 2.31. The van der Waals surface area contributed by atoms with Crippen LogP contribution in [0.1, 0.15) is 41.1 Å². The summed E-state index contributed by atoms with van der Waals surface area (Å²) < 4.78 is 7.44. The fourth-order valence-electron chi connectivity index (χ4n) is 3.29. The Kier molecular flexibility index (Phi) is 3.76. The molecule has 0 aromatic carbocycles. The van der Waals surface area contributed by atoms with Gasteiger partial charge in [-0.05, 0) is 25.0 Å². The maximum Gasteiger partial charge on any atom is 0.270 e. The number of nitrogens with zero attached hydrogens (tertiary/aromatic N) is 4. The van der Waals surface area contributed by atoms with E-state index in [0.29, 0.717) is 31.2 Å². The molecule has 2 aromatic rings. The standard InChI is InChI=1S/C17H19N5O3/c1-10-12-7-14(19-8-11(12)9-25-10)15(23)20-13-3-5-22-6-4-18-17(22)21(2)16(13)24/h4,6-8,10,13H,3,5,9H2,1-2H3,(H,20,23). The first-order valence-corrected chi connectivity index (χ1v) is 8.24. The largest absolute Gasteiger partial charge is 0.369 e. The van der Waals surface area contributed by atoms with Gasteiger partial charge in [0.25, 0.3) is 11.8 Å². The van der Waals surface area contributed by atoms with Gasteiger partial charge in [-0.25, -0.2) is 4.98 Å². The number of rotatable bonds is 2. The van der Waals surface area contributed by atoms with Crippen molar-refractivity contribution < 1.29 is 14.3 Å². The minimum atomic E-state index is -0.608. The first-order chi connectivity index (χ1) is 12.0. The number of nitrogens with one attached hydrogen (secondary N) is 1. The third-order valence-corrected chi connectivity index (χ3v) is 4.77. The van der Waals surface area contributed by atoms with Crippen molar-refractivity contribution in [2.75, 3.05) is 11.9 Å². The molecule has 2 aliphatic heterocycles. The molecule has 0 saturated carbocycles. The highest BCUT2D eigenvalue weighted by Crippen LogP contribution is 2.29. The summed E-state index contributed by atoms with van der Waals surface area (Å²) in [4.78, 5) is 35.1. The Bertz CT molecular complexity index is 847. The average Bonchev–Trinajstić information content (AvgIpc) is 3.21. The van der Waals surface area contributed by atoms with Gasteiger partial charge in [-0.2, -0.15) is 0 Å². The highest BCUT2D eigenvalue weighted by molar-refractivity contribution is 6.01. The Morgan fingerprint density at radius 2 is 2.24 bits per heavy atom. The molecule has 2 aliphatic rings. The second-order valence-electron chi connectivity index (χ2n) is 6.35. The molecule has 2 atom stereocenters. The summed E-state index contributed by atoms with van der Waals surface area (Å²) >= 11 is 0. The molecule has 1 N–H and O–H groups in total. The molecule has 0 radical (unpaired) electrons. The summed E-state index contributed by atoms with van der Waals surface area (Å²) in [6, 6.07) is 1.14. The molecule has 0 aliphatic carbocycles. The van der Waals surface area contributed by atoms with Gasteiger partial charge in [0, 0.05) is 37.7 Å². The second-order valence-corrected chi connectivity index (χ2v) is 6.35. The normalized spacial score (nSPS) is 22.3. The molecule has 130 valence electrons. The predicted octanol–water partition coefficient (Wildman–Crippen LogP) is 1.03. The number of hydrogen-bond donors (Lipinski definition) is 1. The van der Waals surface area contributed by atoms with Crippen molar-refractivity contribution >= 4 is 17.8 Å². The van der Waals surface area contributed by atoms with Crippen molar-refractivity contribution in [3.63, 3.8) is 0 Å². The molecular weight excluding hydrogens is 322 g/mol. The first-order valence-electron chi connectivity index (χ1n) is 8.24. The van der Waals surface area contributed by atoms with Gasteiger partial charge in [0.1, 0.15) is 11.7 Å². The highest BCUT2D eigenvalue weighted by atomic mass is 16.5. The van der Waals surface area contributed by atoms with Crippen LogP contribution in [-0.2, 0) is 22.7 Å². The van der Waals surface area contributed by atoms with Gasteiger partial charge in [-0.15, -0.1) is 0 Å². The first kappa shape index (κ1) is 15.8. The van der Waals surface area contributed by atoms with Crippen LogP contribution in [0.15, 0.2) is 24.7 Å². The monoisotopic (exact) mass is 341 g/mol. The summed E-state index contributed by atoms with van der Waals surface area (Å²) in [5, 5.41) is 2.81. The lowest BCUT2D eigenvalue weighted by atomic mass is 10.1. The zero-order chi connectivity index (χ0) is 17.6. The summed E-state index contributed by atoms with van der Waals surface area (Å²) in [6.07, 6.45) is 5.61. The quantitative estimate of drug-likeness (QED) is 0.881. The number of carbonyl (C=O) groups excluding carboxylic acids is 2. The van der Waals surface area contributed by atoms with E-state index in [9.17, 15) is 9.59 Å². The van der Waals surface area contributed by atoms with Crippen molar-refractivity contribution in [2.45, 2.75) is 38.6 Å². The number of pyridine rings is 1. The van der Waals surface area contributed by atoms with Gasteiger partial charge in [0.15, 0.2) is 0 Å². The summed E-state index contributed by atoms with van der Waals surface area (Å²) in [5.41, 5.74) is 2.28. The number of likely N-dealkylation sites (N-methyl/N-ethyl adjacent to an activating group) is 1. The van der Waals surface area contributed by atoms with Crippen molar-refractivity contribution in [3.8, 4) is 0 Å². The third-order valence-electron chi connectivity index (χ3n) is 4.77. The molecule has 4 heterocycles. The van der Waals surface area contributed by atoms with Crippen LogP contribution in [0.5, 0.6) is 0 Å². The van der Waals surface area contributed by atoms with E-state index in [1.165, 1.54) is 4.90 Å². The van der Waals surface area contributed by atoms with Gasteiger partial charge >= 0.3 is 0 Å². The maximum absolute atomic E-state index is 12.6. The van der Waals surface area contributed by atoms with Gasteiger partial charge in [-0.1, -0.05) is 0 Å². The number of amides is 2. The zero-order valence-electron chi connectivity index (χ0n) is 14.1. The van der Waals surface area contributed by atoms with E-state index in [4.69, 9.17) is 4.74 Å². The summed E-state index contributed by atoms with van der Waals surface area (Å²) in [5.74, 6) is 0.0488. The van der Waals surface area contributed by atoms with Gasteiger partial charge in [0.05, 0.1) is 12.7 Å². The maximum atomic E-state index is 12.6. The molecular formula is C17H19N5O3. The molecule has 4 rings (SSSR count). The lowest BCUT2D eigenvalue weighted by Gasteiger charge is -2.19. The van der Waals surface area contributed by atoms with Crippen LogP contribution >= 0.6 is 0 Å². The Labute approximate surface area is 144 Å². The van der Waals surface area contributed by atoms with E-state index in [0.717, 1.165) is 11.1 Å². The van der Waals surface area contributed by atoms with E-state index in [1.54, 1.807) is 25.5 Å². The van der Waals surface area contributed by atoms with Crippen LogP contribution < -0.4 is 10.2 Å². The molecule has 25 heavy (non-hydrogen) atoms. The SMILES string of the molecule is CC1OCc2cnc(C(=O)NC3CCn4ccnc4N(C)C3=O)cc21. The molecule has 0 spiro atoms. The van der Waals surface area contributed by atoms with Gasteiger partial charge < -0.3 is 14.6 Å². The fourth-order valence-corrected chi connectivity index (χ4v) is 3.29. The number of carbonyl (C=O) groups is 2. The van der Waals surface area contributed by atoms with E-state index in [1.807, 2.05) is 17.7 Å². The number of imidazole rings is 1. The predicted molar refractivity (Wildman–Crippen MR) is 88.9 cm³/mol. The van der Waals surface area contributed by atoms with E-state index >= 15 is 0 Å². The van der Waals surface area contributed by atoms with Crippen molar-refractivity contribution in [1.82, 2.24) is 19.9 Å². The number of ether oxygens (including phenoxy) is 1. The topological polar surface area (TPSA) is 89.3 Å². The Balaban J connectivity index is 1.52. The minimum absolute atomic E-state index is 0.0489.